The van der Waals surface area contributed by atoms with Crippen LogP contribution < -0.4 is 5.32 Å². The number of nitrogens with zero attached hydrogens (tertiary/aromatic N) is 2. The predicted molar refractivity (Wildman–Crippen MR) is 158 cm³/mol. The SMILES string of the molecule is CCCCc1nc2ccc(NC(=O)C(C)C)cc2n1Cc1ccc(-c2ccccc2C(=O)OC(C)(C)C)cc1. The summed E-state index contributed by atoms with van der Waals surface area (Å²) >= 11 is 0. The standard InChI is InChI=1S/C33H39N3O3/c1-7-8-13-30-35-28-19-18-25(34-31(37)22(2)3)20-29(28)36(30)21-23-14-16-24(17-15-23)26-11-9-10-12-27(26)32(38)39-33(4,5)6/h9-12,14-20,22H,7-8,13,21H2,1-6H3,(H,34,37). The molecule has 4 rings (SSSR count). The zero-order valence-electron chi connectivity index (χ0n) is 23.9. The van der Waals surface area contributed by atoms with Crippen LogP contribution in [0.1, 0.15) is 76.1 Å². The first kappa shape index (κ1) is 28.1. The molecule has 1 heterocycles. The topological polar surface area (TPSA) is 73.2 Å². The van der Waals surface area contributed by atoms with Crippen LogP contribution >= 0.6 is 0 Å². The molecule has 1 N–H and O–H groups in total. The van der Waals surface area contributed by atoms with Gasteiger partial charge in [-0.1, -0.05) is 69.7 Å². The average molecular weight is 526 g/mol. The predicted octanol–water partition coefficient (Wildman–Crippen LogP) is 7.64. The molecule has 0 saturated carbocycles. The quantitative estimate of drug-likeness (QED) is 0.228. The molecule has 4 aromatic rings. The Morgan fingerprint density at radius 1 is 1.00 bits per heavy atom. The fourth-order valence-corrected chi connectivity index (χ4v) is 4.46. The van der Waals surface area contributed by atoms with E-state index in [-0.39, 0.29) is 17.8 Å². The van der Waals surface area contributed by atoms with E-state index in [4.69, 9.17) is 9.72 Å². The van der Waals surface area contributed by atoms with Crippen molar-refractivity contribution in [2.75, 3.05) is 5.32 Å². The normalized spacial score (nSPS) is 11.7. The minimum absolute atomic E-state index is 0.00567. The molecule has 0 bridgehead atoms. The molecule has 204 valence electrons. The maximum absolute atomic E-state index is 12.9. The Morgan fingerprint density at radius 2 is 1.72 bits per heavy atom. The van der Waals surface area contributed by atoms with Crippen LogP contribution in [0.5, 0.6) is 0 Å². The number of aromatic nitrogens is 2. The van der Waals surface area contributed by atoms with Crippen molar-refractivity contribution in [3.63, 3.8) is 0 Å². The minimum atomic E-state index is -0.561. The lowest BCUT2D eigenvalue weighted by atomic mass is 9.98. The fraction of sp³-hybridized carbons (Fsp3) is 0.364. The van der Waals surface area contributed by atoms with Gasteiger partial charge in [-0.25, -0.2) is 9.78 Å². The largest absolute Gasteiger partial charge is 0.456 e. The van der Waals surface area contributed by atoms with Crippen LogP contribution in [-0.4, -0.2) is 27.0 Å². The van der Waals surface area contributed by atoms with Crippen molar-refractivity contribution < 1.29 is 14.3 Å². The maximum Gasteiger partial charge on any atom is 0.339 e. The zero-order chi connectivity index (χ0) is 28.2. The number of hydrogen-bond acceptors (Lipinski definition) is 4. The Labute approximate surface area is 231 Å². The van der Waals surface area contributed by atoms with Gasteiger partial charge < -0.3 is 14.6 Å². The summed E-state index contributed by atoms with van der Waals surface area (Å²) in [5, 5.41) is 3.01. The van der Waals surface area contributed by atoms with Crippen molar-refractivity contribution in [1.29, 1.82) is 0 Å². The first-order valence-corrected chi connectivity index (χ1v) is 13.8. The molecule has 0 radical (unpaired) electrons. The monoisotopic (exact) mass is 525 g/mol. The Balaban J connectivity index is 1.65. The van der Waals surface area contributed by atoms with E-state index in [1.807, 2.05) is 77.1 Å². The first-order valence-electron chi connectivity index (χ1n) is 13.8. The summed E-state index contributed by atoms with van der Waals surface area (Å²) in [5.41, 5.74) is 5.63. The molecule has 1 aromatic heterocycles. The van der Waals surface area contributed by atoms with Crippen LogP contribution in [0.3, 0.4) is 0 Å². The van der Waals surface area contributed by atoms with Crippen molar-refractivity contribution in [3.05, 3.63) is 83.7 Å². The van der Waals surface area contributed by atoms with Crippen molar-refractivity contribution in [1.82, 2.24) is 9.55 Å². The highest BCUT2D eigenvalue weighted by atomic mass is 16.6. The molecular weight excluding hydrogens is 486 g/mol. The molecule has 39 heavy (non-hydrogen) atoms. The van der Waals surface area contributed by atoms with Crippen molar-refractivity contribution >= 4 is 28.6 Å². The molecule has 1 amide bonds. The van der Waals surface area contributed by atoms with Crippen LogP contribution in [0.4, 0.5) is 5.69 Å². The number of hydrogen-bond donors (Lipinski definition) is 1. The summed E-state index contributed by atoms with van der Waals surface area (Å²) in [6.07, 6.45) is 3.03. The third kappa shape index (κ3) is 6.94. The van der Waals surface area contributed by atoms with Crippen molar-refractivity contribution in [2.45, 2.75) is 73.0 Å². The smallest absolute Gasteiger partial charge is 0.339 e. The van der Waals surface area contributed by atoms with E-state index in [2.05, 4.69) is 41.1 Å². The molecule has 3 aromatic carbocycles. The molecule has 0 atom stereocenters. The number of ether oxygens (including phenoxy) is 1. The molecule has 0 aliphatic carbocycles. The number of benzene rings is 3. The second-order valence-electron chi connectivity index (χ2n) is 11.3. The molecule has 0 aliphatic heterocycles. The van der Waals surface area contributed by atoms with E-state index in [1.54, 1.807) is 0 Å². The Bertz CT molecular complexity index is 1460. The van der Waals surface area contributed by atoms with Gasteiger partial charge in [0.25, 0.3) is 0 Å². The maximum atomic E-state index is 12.9. The van der Waals surface area contributed by atoms with Gasteiger partial charge in [0.1, 0.15) is 11.4 Å². The summed E-state index contributed by atoms with van der Waals surface area (Å²) in [6.45, 7) is 12.2. The van der Waals surface area contributed by atoms with Crippen LogP contribution in [0.15, 0.2) is 66.7 Å². The summed E-state index contributed by atoms with van der Waals surface area (Å²) in [6, 6.07) is 21.8. The van der Waals surface area contributed by atoms with Gasteiger partial charge in [-0.15, -0.1) is 0 Å². The lowest BCUT2D eigenvalue weighted by Gasteiger charge is -2.20. The van der Waals surface area contributed by atoms with Crippen molar-refractivity contribution in [2.24, 2.45) is 5.92 Å². The van der Waals surface area contributed by atoms with Gasteiger partial charge in [-0.2, -0.15) is 0 Å². The molecule has 0 saturated heterocycles. The highest BCUT2D eigenvalue weighted by Gasteiger charge is 2.21. The number of amides is 1. The van der Waals surface area contributed by atoms with Crippen LogP contribution in [0, 0.1) is 5.92 Å². The molecule has 0 fully saturated rings. The number of esters is 1. The Morgan fingerprint density at radius 3 is 2.38 bits per heavy atom. The van der Waals surface area contributed by atoms with Crippen molar-refractivity contribution in [3.8, 4) is 11.1 Å². The highest BCUT2D eigenvalue weighted by molar-refractivity contribution is 5.97. The third-order valence-corrected chi connectivity index (χ3v) is 6.52. The second kappa shape index (κ2) is 11.9. The fourth-order valence-electron chi connectivity index (χ4n) is 4.46. The number of anilines is 1. The number of fused-ring (bicyclic) bond motifs is 1. The van der Waals surface area contributed by atoms with Gasteiger partial charge in [-0.3, -0.25) is 4.79 Å². The van der Waals surface area contributed by atoms with Gasteiger partial charge >= 0.3 is 5.97 Å². The number of rotatable bonds is 9. The van der Waals surface area contributed by atoms with E-state index in [9.17, 15) is 9.59 Å². The summed E-state index contributed by atoms with van der Waals surface area (Å²) in [4.78, 5) is 30.1. The second-order valence-corrected chi connectivity index (χ2v) is 11.3. The van der Waals surface area contributed by atoms with E-state index in [0.29, 0.717) is 12.1 Å². The van der Waals surface area contributed by atoms with Gasteiger partial charge in [0.2, 0.25) is 5.91 Å². The summed E-state index contributed by atoms with van der Waals surface area (Å²) in [7, 11) is 0. The number of carbonyl (C=O) groups is 2. The van der Waals surface area contributed by atoms with E-state index in [1.165, 1.54) is 0 Å². The molecule has 0 spiro atoms. The number of nitrogens with one attached hydrogen (secondary N) is 1. The molecule has 0 aliphatic rings. The number of aryl methyl sites for hydroxylation is 1. The summed E-state index contributed by atoms with van der Waals surface area (Å²) in [5.74, 6) is 0.616. The lowest BCUT2D eigenvalue weighted by molar-refractivity contribution is -0.118. The average Bonchev–Trinajstić information content (AvgIpc) is 3.23. The highest BCUT2D eigenvalue weighted by Crippen LogP contribution is 2.28. The third-order valence-electron chi connectivity index (χ3n) is 6.52. The Hall–Kier alpha value is -3.93. The van der Waals surface area contributed by atoms with Gasteiger partial charge in [0, 0.05) is 24.6 Å². The minimum Gasteiger partial charge on any atom is -0.456 e. The Kier molecular flexibility index (Phi) is 8.54. The first-order chi connectivity index (χ1) is 18.6. The van der Waals surface area contributed by atoms with Crippen LogP contribution in [-0.2, 0) is 22.5 Å². The van der Waals surface area contributed by atoms with E-state index < -0.39 is 5.60 Å². The molecule has 0 unspecified atom stereocenters. The number of imidazole rings is 1. The van der Waals surface area contributed by atoms with E-state index in [0.717, 1.165) is 58.5 Å². The van der Waals surface area contributed by atoms with Crippen LogP contribution in [0.2, 0.25) is 0 Å². The summed E-state index contributed by atoms with van der Waals surface area (Å²) < 4.78 is 7.89. The van der Waals surface area contributed by atoms with E-state index >= 15 is 0 Å². The number of unbranched alkanes of at least 4 members (excludes halogenated alkanes) is 1. The molecule has 6 heteroatoms. The number of carbonyl (C=O) groups excluding carboxylic acids is 2. The molecule has 6 nitrogen and oxygen atoms in total. The lowest BCUT2D eigenvalue weighted by Crippen LogP contribution is -2.24. The zero-order valence-corrected chi connectivity index (χ0v) is 23.9. The van der Waals surface area contributed by atoms with Gasteiger partial charge in [0.05, 0.1) is 16.6 Å². The van der Waals surface area contributed by atoms with Gasteiger partial charge in [0.15, 0.2) is 0 Å². The molecular formula is C33H39N3O3. The van der Waals surface area contributed by atoms with Gasteiger partial charge in [-0.05, 0) is 68.1 Å². The van der Waals surface area contributed by atoms with Crippen LogP contribution in [0.25, 0.3) is 22.2 Å².